The number of para-hydroxylation sites is 4. The largest absolute Gasteiger partial charge is 0.479 e. The molecule has 0 spiro atoms. The number of rotatable bonds is 15. The number of esters is 2. The third-order valence-electron chi connectivity index (χ3n) is 19.8. The average molecular weight is 1170 g/mol. The first-order valence-corrected chi connectivity index (χ1v) is 31.8. The third kappa shape index (κ3) is 13.4. The predicted molar refractivity (Wildman–Crippen MR) is 321 cm³/mol. The van der Waals surface area contributed by atoms with Crippen LogP contribution in [0.5, 0.6) is 0 Å². The SMILES string of the molecule is CCOC(=O)/C(=N\OCC(=O)OC(C)(C)C)c1nc2ccccc2n(C2C[C@H]3CCC[C@@H](C2)N3C2CC3CCCC(C3)C2)c1=O.CNC(=O)/C(=N\OCC(=O)O)c1nc2ccccc2n(C2C[C@H]3CCC[C@@H](C2)N3C2CC3CCCC(C3)C2)c1=O. The van der Waals surface area contributed by atoms with Gasteiger partial charge in [0.25, 0.3) is 17.0 Å². The Kier molecular flexibility index (Phi) is 18.5. The van der Waals surface area contributed by atoms with Crippen molar-refractivity contribution in [3.8, 4) is 0 Å². The van der Waals surface area contributed by atoms with Crippen LogP contribution in [0.15, 0.2) is 68.4 Å². The van der Waals surface area contributed by atoms with E-state index in [1.165, 1.54) is 96.9 Å². The normalized spacial score (nSPS) is 29.7. The number of ether oxygens (including phenoxy) is 2. The van der Waals surface area contributed by atoms with Crippen LogP contribution in [0.25, 0.3) is 22.1 Å². The lowest BCUT2D eigenvalue weighted by molar-refractivity contribution is -0.160. The molecule has 8 fully saturated rings. The molecule has 4 aliphatic carbocycles. The summed E-state index contributed by atoms with van der Waals surface area (Å²) in [5, 5.41) is 19.1. The minimum absolute atomic E-state index is 0.0281. The summed E-state index contributed by atoms with van der Waals surface area (Å²) < 4.78 is 14.2. The second kappa shape index (κ2) is 26.2. The van der Waals surface area contributed by atoms with Gasteiger partial charge in [0.15, 0.2) is 17.1 Å². The van der Waals surface area contributed by atoms with Crippen molar-refractivity contribution in [1.82, 2.24) is 34.2 Å². The van der Waals surface area contributed by atoms with E-state index in [4.69, 9.17) is 24.3 Å². The highest BCUT2D eigenvalue weighted by molar-refractivity contribution is 6.44. The van der Waals surface area contributed by atoms with E-state index in [-0.39, 0.29) is 41.5 Å². The zero-order chi connectivity index (χ0) is 59.5. The number of fused-ring (bicyclic) bond motifs is 10. The maximum absolute atomic E-state index is 14.4. The van der Waals surface area contributed by atoms with Gasteiger partial charge < -0.3 is 38.7 Å². The summed E-state index contributed by atoms with van der Waals surface area (Å²) in [5.41, 5.74) is 0.217. The lowest BCUT2D eigenvalue weighted by Crippen LogP contribution is -2.58. The minimum Gasteiger partial charge on any atom is -0.479 e. The molecule has 12 rings (SSSR count). The lowest BCUT2D eigenvalue weighted by Gasteiger charge is -2.55. The molecule has 2 N–H and O–H groups in total. The van der Waals surface area contributed by atoms with Gasteiger partial charge in [-0.3, -0.25) is 24.2 Å². The number of carbonyl (C=O) groups is 4. The Bertz CT molecular complexity index is 3250. The minimum atomic E-state index is -1.23. The molecule has 1 amide bonds. The van der Waals surface area contributed by atoms with Crippen LogP contribution in [-0.2, 0) is 38.3 Å². The first-order valence-electron chi connectivity index (χ1n) is 31.8. The number of benzene rings is 2. The van der Waals surface area contributed by atoms with Crippen molar-refractivity contribution < 1.29 is 43.4 Å². The molecule has 6 heterocycles. The van der Waals surface area contributed by atoms with Gasteiger partial charge in [0.1, 0.15) is 5.60 Å². The molecule has 458 valence electrons. The summed E-state index contributed by atoms with van der Waals surface area (Å²) >= 11 is 0. The van der Waals surface area contributed by atoms with Crippen LogP contribution >= 0.6 is 0 Å². The lowest BCUT2D eigenvalue weighted by atomic mass is 9.68. The fraction of sp³-hybridized carbons (Fsp3) is 0.662. The van der Waals surface area contributed by atoms with Gasteiger partial charge in [-0.05, 0) is 166 Å². The first-order chi connectivity index (χ1) is 41.0. The molecular formula is C65H87N9O11. The highest BCUT2D eigenvalue weighted by Gasteiger charge is 2.48. The van der Waals surface area contributed by atoms with Crippen molar-refractivity contribution in [3.63, 3.8) is 0 Å². The van der Waals surface area contributed by atoms with E-state index in [0.717, 1.165) is 86.1 Å². The number of nitrogens with one attached hydrogen (secondary N) is 1. The summed E-state index contributed by atoms with van der Waals surface area (Å²) in [5.74, 6) is 0.116. The fourth-order valence-corrected chi connectivity index (χ4v) is 17.0. The van der Waals surface area contributed by atoms with Crippen molar-refractivity contribution in [1.29, 1.82) is 0 Å². The maximum Gasteiger partial charge on any atom is 0.362 e. The van der Waals surface area contributed by atoms with Gasteiger partial charge in [-0.2, -0.15) is 0 Å². The number of carboxylic acids is 1. The monoisotopic (exact) mass is 1170 g/mol. The Morgan fingerprint density at radius 2 is 0.976 bits per heavy atom. The van der Waals surface area contributed by atoms with E-state index >= 15 is 0 Å². The number of carboxylic acid groups (broad SMARTS) is 1. The van der Waals surface area contributed by atoms with E-state index in [2.05, 4.69) is 35.4 Å². The van der Waals surface area contributed by atoms with Crippen molar-refractivity contribution in [3.05, 3.63) is 80.6 Å². The number of hydrogen-bond donors (Lipinski definition) is 2. The van der Waals surface area contributed by atoms with Crippen LogP contribution in [0, 0.1) is 23.7 Å². The van der Waals surface area contributed by atoms with E-state index < -0.39 is 53.7 Å². The van der Waals surface area contributed by atoms with Crippen molar-refractivity contribution >= 4 is 57.3 Å². The van der Waals surface area contributed by atoms with Gasteiger partial charge in [0.2, 0.25) is 18.9 Å². The van der Waals surface area contributed by atoms with Crippen LogP contribution in [0.2, 0.25) is 0 Å². The highest BCUT2D eigenvalue weighted by atomic mass is 16.7. The van der Waals surface area contributed by atoms with Gasteiger partial charge in [-0.15, -0.1) is 0 Å². The number of aliphatic carboxylic acids is 1. The summed E-state index contributed by atoms with van der Waals surface area (Å²) in [6, 6.07) is 18.0. The zero-order valence-corrected chi connectivity index (χ0v) is 50.3. The number of aromatic nitrogens is 4. The second-order valence-electron chi connectivity index (χ2n) is 26.6. The van der Waals surface area contributed by atoms with E-state index in [1.54, 1.807) is 27.7 Å². The highest BCUT2D eigenvalue weighted by Crippen LogP contribution is 2.49. The molecule has 2 aromatic heterocycles. The molecule has 8 bridgehead atoms. The maximum atomic E-state index is 14.4. The molecule has 85 heavy (non-hydrogen) atoms. The summed E-state index contributed by atoms with van der Waals surface area (Å²) in [7, 11) is 1.42. The number of nitrogens with zero attached hydrogens (tertiary/aromatic N) is 8. The smallest absolute Gasteiger partial charge is 0.362 e. The standard InChI is InChI=1S/C35H48N4O6.C30H39N5O5/c1-5-43-34(42)32(37-44-21-30(40)45-35(2,3)4)31-33(41)39(29-15-7-6-14-28(29)36-31)27-19-24-12-9-13-25(20-27)38(24)26-17-22-10-8-11-23(16-22)18-26;1-31-29(38)27(33-40-17-26(36)37)28-30(39)35(25-11-3-2-10-24(25)32-28)23-15-20-8-5-9-21(16-23)34(20)22-13-18-6-4-7-19(12-18)14-22/h6-7,14-15,22-27H,5,8-13,16-21H2,1-4H3;2-3,10-11,18-23H,4-9,12-17H2,1H3,(H,31,38)(H,36,37)/b37-32-;33-27-/t22?,23?,24-,25+,26?,27?;18?,19?,20-,21+,22?,23?. The van der Waals surface area contributed by atoms with Crippen LogP contribution < -0.4 is 16.4 Å². The quantitative estimate of drug-likeness (QED) is 0.0641. The van der Waals surface area contributed by atoms with Crippen molar-refractivity contribution in [2.24, 2.45) is 34.0 Å². The number of piperidine rings is 4. The van der Waals surface area contributed by atoms with Crippen molar-refractivity contribution in [2.45, 2.75) is 223 Å². The number of hydrogen-bond acceptors (Lipinski definition) is 16. The molecule has 4 saturated heterocycles. The van der Waals surface area contributed by atoms with Crippen LogP contribution in [0.1, 0.15) is 192 Å². The fourth-order valence-electron chi connectivity index (χ4n) is 17.0. The zero-order valence-electron chi connectivity index (χ0n) is 50.3. The molecule has 10 atom stereocenters. The Hall–Kier alpha value is -6.54. The Morgan fingerprint density at radius 3 is 1.40 bits per heavy atom. The van der Waals surface area contributed by atoms with Gasteiger partial charge in [-0.1, -0.05) is 85.9 Å². The summed E-state index contributed by atoms with van der Waals surface area (Å²) in [4.78, 5) is 103. The molecule has 6 unspecified atom stereocenters. The topological polar surface area (TPSA) is 238 Å². The molecule has 4 aromatic rings. The average Bonchev–Trinajstić information content (AvgIpc) is 1.54. The van der Waals surface area contributed by atoms with E-state index in [9.17, 15) is 28.8 Å². The Morgan fingerprint density at radius 1 is 0.565 bits per heavy atom. The Balaban J connectivity index is 0.000000178. The molecule has 0 radical (unpaired) electrons. The Labute approximate surface area is 497 Å². The van der Waals surface area contributed by atoms with E-state index in [1.807, 2.05) is 57.7 Å². The summed E-state index contributed by atoms with van der Waals surface area (Å²) in [6.07, 6.45) is 27.0. The molecule has 4 saturated carbocycles. The van der Waals surface area contributed by atoms with Gasteiger partial charge >= 0.3 is 17.9 Å². The van der Waals surface area contributed by atoms with Gasteiger partial charge in [-0.25, -0.2) is 24.4 Å². The second-order valence-corrected chi connectivity index (χ2v) is 26.6. The number of amides is 1. The van der Waals surface area contributed by atoms with Gasteiger partial charge in [0.05, 0.1) is 28.7 Å². The predicted octanol–water partition coefficient (Wildman–Crippen LogP) is 9.02. The summed E-state index contributed by atoms with van der Waals surface area (Å²) in [6.45, 7) is 5.75. The third-order valence-corrected chi connectivity index (χ3v) is 19.8. The number of oxime groups is 2. The van der Waals surface area contributed by atoms with Gasteiger partial charge in [0, 0.05) is 55.4 Å². The number of carbonyl (C=O) groups excluding carboxylic acids is 3. The molecule has 4 aliphatic heterocycles. The molecule has 20 nitrogen and oxygen atoms in total. The first kappa shape index (κ1) is 60.2. The molecular weight excluding hydrogens is 1080 g/mol. The molecule has 20 heteroatoms. The van der Waals surface area contributed by atoms with Crippen LogP contribution in [0.4, 0.5) is 0 Å². The number of likely N-dealkylation sites (N-methyl/N-ethyl adjacent to an activating group) is 1. The molecule has 8 aliphatic rings. The van der Waals surface area contributed by atoms with Crippen LogP contribution in [0.3, 0.4) is 0 Å². The molecule has 2 aromatic carbocycles. The van der Waals surface area contributed by atoms with Crippen molar-refractivity contribution in [2.75, 3.05) is 26.9 Å². The van der Waals surface area contributed by atoms with Crippen LogP contribution in [-0.4, -0.2) is 138 Å². The van der Waals surface area contributed by atoms with E-state index in [0.29, 0.717) is 47.3 Å².